The maximum absolute atomic E-state index is 12.8. The smallest absolute Gasteiger partial charge is 0.462 e. The highest BCUT2D eigenvalue weighted by Crippen LogP contribution is 2.43. The van der Waals surface area contributed by atoms with Crippen LogP contribution in [0.1, 0.15) is 206 Å². The van der Waals surface area contributed by atoms with E-state index in [0.29, 0.717) is 23.9 Å². The van der Waals surface area contributed by atoms with Crippen LogP contribution >= 0.6 is 7.82 Å². The van der Waals surface area contributed by atoms with Gasteiger partial charge in [-0.15, -0.1) is 0 Å². The molecule has 0 aromatic carbocycles. The van der Waals surface area contributed by atoms with Crippen LogP contribution in [0.3, 0.4) is 0 Å². The number of hydrogen-bond acceptors (Lipinski definition) is 7. The molecule has 410 valence electrons. The molecule has 0 saturated heterocycles. The minimum Gasteiger partial charge on any atom is -0.462 e. The lowest BCUT2D eigenvalue weighted by Crippen LogP contribution is -2.37. The van der Waals surface area contributed by atoms with Crippen molar-refractivity contribution >= 4 is 19.8 Å². The first kappa shape index (κ1) is 68.4. The minimum absolute atomic E-state index is 0.0171. The van der Waals surface area contributed by atoms with Crippen LogP contribution in [0.15, 0.2) is 122 Å². The molecule has 0 rings (SSSR count). The van der Waals surface area contributed by atoms with Gasteiger partial charge in [0.15, 0.2) is 6.10 Å². The fourth-order valence-corrected chi connectivity index (χ4v) is 7.94. The number of carbonyl (C=O) groups is 2. The number of likely N-dealkylation sites (N-methyl/N-ethyl adjacent to an activating group) is 1. The average molecular weight is 1020 g/mol. The van der Waals surface area contributed by atoms with E-state index in [9.17, 15) is 19.0 Å². The van der Waals surface area contributed by atoms with Gasteiger partial charge >= 0.3 is 19.8 Å². The van der Waals surface area contributed by atoms with Crippen LogP contribution in [0.4, 0.5) is 0 Å². The molecule has 0 fully saturated rings. The molecule has 0 radical (unpaired) electrons. The van der Waals surface area contributed by atoms with Crippen LogP contribution in [-0.4, -0.2) is 74.9 Å². The summed E-state index contributed by atoms with van der Waals surface area (Å²) >= 11 is 0. The fourth-order valence-electron chi connectivity index (χ4n) is 7.19. The summed E-state index contributed by atoms with van der Waals surface area (Å²) in [6.07, 6.45) is 74.2. The highest BCUT2D eigenvalue weighted by atomic mass is 31.2. The molecule has 72 heavy (non-hydrogen) atoms. The fraction of sp³-hybridized carbons (Fsp3) is 0.645. The molecule has 0 aromatic heterocycles. The van der Waals surface area contributed by atoms with E-state index in [1.165, 1.54) is 77.0 Å². The number of quaternary nitrogens is 1. The van der Waals surface area contributed by atoms with Crippen LogP contribution in [-0.2, 0) is 32.7 Å². The molecule has 9 nitrogen and oxygen atoms in total. The van der Waals surface area contributed by atoms with Crippen molar-refractivity contribution in [2.45, 2.75) is 213 Å². The van der Waals surface area contributed by atoms with Crippen LogP contribution in [0.25, 0.3) is 0 Å². The summed E-state index contributed by atoms with van der Waals surface area (Å²) in [6, 6.07) is 0. The molecule has 0 aliphatic carbocycles. The second-order valence-corrected chi connectivity index (χ2v) is 21.0. The van der Waals surface area contributed by atoms with E-state index in [1.54, 1.807) is 0 Å². The topological polar surface area (TPSA) is 108 Å². The highest BCUT2D eigenvalue weighted by Gasteiger charge is 2.27. The standard InChI is InChI=1S/C62H104NO8P/c1-6-8-10-12-14-16-18-20-22-24-25-26-27-28-29-30-31-32-33-34-35-36-37-39-41-43-45-47-49-51-53-55-62(65)71-60(59-70-72(66,67)69-57-56-63(3,4)5)58-68-61(64)54-52-50-48-46-44-42-40-38-23-21-19-17-15-13-11-9-7-2/h8-11,14-17,20-23,25-26,28-29,40,42,46,48,60H,6-7,12-13,18-19,24,27,30-39,41,43-45,47,49-59H2,1-5H3/p+1/b10-8-,11-9-,16-14-,17-15-,22-20-,23-21-,26-25-,29-28-,42-40-,48-46-. The van der Waals surface area contributed by atoms with Gasteiger partial charge in [-0.1, -0.05) is 219 Å². The molecule has 0 aliphatic rings. The molecule has 0 heterocycles. The van der Waals surface area contributed by atoms with Crippen molar-refractivity contribution in [3.05, 3.63) is 122 Å². The monoisotopic (exact) mass is 1020 g/mol. The average Bonchev–Trinajstić information content (AvgIpc) is 3.34. The Morgan fingerprint density at radius 3 is 1.15 bits per heavy atom. The van der Waals surface area contributed by atoms with E-state index in [1.807, 2.05) is 21.1 Å². The number of nitrogens with zero attached hydrogens (tertiary/aromatic N) is 1. The maximum Gasteiger partial charge on any atom is 0.472 e. The zero-order valence-corrected chi connectivity index (χ0v) is 47.3. The van der Waals surface area contributed by atoms with Crippen LogP contribution in [0, 0.1) is 0 Å². The number of hydrogen-bond donors (Lipinski definition) is 1. The Hall–Kier alpha value is -3.59. The maximum atomic E-state index is 12.8. The zero-order chi connectivity index (χ0) is 52.7. The van der Waals surface area contributed by atoms with Gasteiger partial charge in [0.05, 0.1) is 27.7 Å². The van der Waals surface area contributed by atoms with Crippen molar-refractivity contribution in [1.82, 2.24) is 0 Å². The lowest BCUT2D eigenvalue weighted by Gasteiger charge is -2.24. The van der Waals surface area contributed by atoms with Gasteiger partial charge in [-0.3, -0.25) is 18.6 Å². The van der Waals surface area contributed by atoms with Gasteiger partial charge in [-0.25, -0.2) is 4.57 Å². The second kappa shape index (κ2) is 52.3. The molecule has 0 bridgehead atoms. The first-order valence-corrected chi connectivity index (χ1v) is 29.8. The van der Waals surface area contributed by atoms with Crippen molar-refractivity contribution in [3.8, 4) is 0 Å². The third-order valence-electron chi connectivity index (χ3n) is 11.5. The Balaban J connectivity index is 4.19. The molecule has 2 atom stereocenters. The Labute approximate surface area is 441 Å². The molecular weight excluding hydrogens is 918 g/mol. The summed E-state index contributed by atoms with van der Waals surface area (Å²) in [5.74, 6) is -0.872. The predicted octanol–water partition coefficient (Wildman–Crippen LogP) is 17.6. The van der Waals surface area contributed by atoms with Gasteiger partial charge in [-0.2, -0.15) is 0 Å². The third kappa shape index (κ3) is 55.7. The van der Waals surface area contributed by atoms with Crippen molar-refractivity contribution in [1.29, 1.82) is 0 Å². The summed E-state index contributed by atoms with van der Waals surface area (Å²) in [7, 11) is 1.43. The third-order valence-corrected chi connectivity index (χ3v) is 12.5. The highest BCUT2D eigenvalue weighted by molar-refractivity contribution is 7.47. The summed E-state index contributed by atoms with van der Waals surface area (Å²) in [4.78, 5) is 35.6. The normalized spacial score (nSPS) is 14.2. The first-order valence-electron chi connectivity index (χ1n) is 28.3. The quantitative estimate of drug-likeness (QED) is 0.0211. The van der Waals surface area contributed by atoms with Crippen molar-refractivity contribution in [3.63, 3.8) is 0 Å². The number of phosphoric ester groups is 1. The van der Waals surface area contributed by atoms with Gasteiger partial charge in [0, 0.05) is 12.8 Å². The van der Waals surface area contributed by atoms with E-state index in [2.05, 4.69) is 135 Å². The number of unbranched alkanes of at least 4 members (excludes halogenated alkanes) is 16. The Kier molecular flexibility index (Phi) is 49.7. The Bertz CT molecular complexity index is 1630. The van der Waals surface area contributed by atoms with E-state index >= 15 is 0 Å². The van der Waals surface area contributed by atoms with Crippen molar-refractivity contribution in [2.75, 3.05) is 47.5 Å². The van der Waals surface area contributed by atoms with Gasteiger partial charge < -0.3 is 18.9 Å². The van der Waals surface area contributed by atoms with Crippen LogP contribution in [0.5, 0.6) is 0 Å². The van der Waals surface area contributed by atoms with Crippen molar-refractivity contribution < 1.29 is 42.1 Å². The summed E-state index contributed by atoms with van der Waals surface area (Å²) < 4.78 is 34.4. The lowest BCUT2D eigenvalue weighted by molar-refractivity contribution is -0.870. The Morgan fingerprint density at radius 2 is 0.764 bits per heavy atom. The summed E-state index contributed by atoms with van der Waals surface area (Å²) in [6.45, 7) is 4.13. The van der Waals surface area contributed by atoms with Crippen LogP contribution in [0.2, 0.25) is 0 Å². The lowest BCUT2D eigenvalue weighted by atomic mass is 10.0. The summed E-state index contributed by atoms with van der Waals surface area (Å²) in [5, 5.41) is 0. The van der Waals surface area contributed by atoms with Gasteiger partial charge in [0.25, 0.3) is 0 Å². The zero-order valence-electron chi connectivity index (χ0n) is 46.4. The second-order valence-electron chi connectivity index (χ2n) is 19.6. The van der Waals surface area contributed by atoms with Gasteiger partial charge in [-0.05, 0) is 96.3 Å². The molecule has 10 heteroatoms. The molecule has 2 unspecified atom stereocenters. The number of allylic oxidation sites excluding steroid dienone is 20. The molecule has 1 N–H and O–H groups in total. The molecular formula is C62H105NO8P+. The van der Waals surface area contributed by atoms with E-state index in [0.717, 1.165) is 89.9 Å². The minimum atomic E-state index is -4.40. The van der Waals surface area contributed by atoms with Gasteiger partial charge in [0.2, 0.25) is 0 Å². The summed E-state index contributed by atoms with van der Waals surface area (Å²) in [5.41, 5.74) is 0. The molecule has 0 saturated carbocycles. The number of phosphoric acid groups is 1. The largest absolute Gasteiger partial charge is 0.472 e. The van der Waals surface area contributed by atoms with E-state index in [4.69, 9.17) is 18.5 Å². The number of rotatable bonds is 50. The molecule has 0 aliphatic heterocycles. The number of ether oxygens (including phenoxy) is 2. The SMILES string of the molecule is CC/C=C\C/C=C\C/C=C\C/C=C\C/C=C\CCCCCCCCCCCCCCCCCC(=O)OC(COC(=O)CCC/C=C\C/C=C\C/C=C\C/C=C\C/C=C\CC)COP(=O)(O)OCC[N+](C)(C)C. The van der Waals surface area contributed by atoms with E-state index < -0.39 is 32.5 Å². The first-order chi connectivity index (χ1) is 35.0. The number of carbonyl (C=O) groups excluding carboxylic acids is 2. The number of esters is 2. The molecule has 0 aromatic rings. The van der Waals surface area contributed by atoms with Crippen LogP contribution < -0.4 is 0 Å². The van der Waals surface area contributed by atoms with Gasteiger partial charge in [0.1, 0.15) is 19.8 Å². The molecule has 0 amide bonds. The van der Waals surface area contributed by atoms with E-state index in [-0.39, 0.29) is 26.1 Å². The predicted molar refractivity (Wildman–Crippen MR) is 307 cm³/mol. The van der Waals surface area contributed by atoms with Crippen molar-refractivity contribution in [2.24, 2.45) is 0 Å². The molecule has 0 spiro atoms. The Morgan fingerprint density at radius 1 is 0.431 bits per heavy atom.